The number of carbonyl (C=O) groups is 2. The molecular formula is C26H36N2O2S. The number of aryl methyl sites for hydroxylation is 3. The van der Waals surface area contributed by atoms with Gasteiger partial charge in [-0.1, -0.05) is 66.1 Å². The topological polar surface area (TPSA) is 49.4 Å². The van der Waals surface area contributed by atoms with Gasteiger partial charge in [0.25, 0.3) is 0 Å². The van der Waals surface area contributed by atoms with Crippen LogP contribution in [0.25, 0.3) is 0 Å². The maximum Gasteiger partial charge on any atom is 0.242 e. The third-order valence-electron chi connectivity index (χ3n) is 5.42. The summed E-state index contributed by atoms with van der Waals surface area (Å²) >= 11 is 1.60. The number of carbonyl (C=O) groups excluding carboxylic acids is 2. The van der Waals surface area contributed by atoms with Crippen molar-refractivity contribution in [2.75, 3.05) is 5.75 Å². The zero-order valence-electron chi connectivity index (χ0n) is 19.7. The predicted octanol–water partition coefficient (Wildman–Crippen LogP) is 5.18. The van der Waals surface area contributed by atoms with Gasteiger partial charge in [0, 0.05) is 18.3 Å². The van der Waals surface area contributed by atoms with Crippen LogP contribution in [0.3, 0.4) is 0 Å². The molecule has 2 rings (SSSR count). The van der Waals surface area contributed by atoms with E-state index in [-0.39, 0.29) is 17.9 Å². The highest BCUT2D eigenvalue weighted by Crippen LogP contribution is 2.18. The summed E-state index contributed by atoms with van der Waals surface area (Å²) in [6.07, 6.45) is 0.857. The zero-order chi connectivity index (χ0) is 23.0. The fourth-order valence-corrected chi connectivity index (χ4v) is 4.27. The molecule has 0 aliphatic heterocycles. The Labute approximate surface area is 191 Å². The fourth-order valence-electron chi connectivity index (χ4n) is 3.43. The average molecular weight is 441 g/mol. The zero-order valence-corrected chi connectivity index (χ0v) is 20.5. The number of hydrogen-bond donors (Lipinski definition) is 1. The van der Waals surface area contributed by atoms with Crippen LogP contribution >= 0.6 is 11.8 Å². The summed E-state index contributed by atoms with van der Waals surface area (Å²) in [6, 6.07) is 14.2. The lowest BCUT2D eigenvalue weighted by molar-refractivity contribution is -0.138. The van der Waals surface area contributed by atoms with Crippen molar-refractivity contribution in [3.8, 4) is 0 Å². The SMILES string of the molecule is CC[C@H](C)NC(=O)[C@H](C)N(Cc1ccc(C)cc1)C(=O)CSCc1cc(C)cc(C)c1. The largest absolute Gasteiger partial charge is 0.352 e. The number of benzene rings is 2. The van der Waals surface area contributed by atoms with Crippen LogP contribution in [0.15, 0.2) is 42.5 Å². The molecule has 0 aliphatic rings. The minimum absolute atomic E-state index is 0.0123. The highest BCUT2D eigenvalue weighted by molar-refractivity contribution is 7.99. The molecule has 2 aromatic carbocycles. The quantitative estimate of drug-likeness (QED) is 0.554. The summed E-state index contributed by atoms with van der Waals surface area (Å²) in [6.45, 7) is 12.5. The molecule has 0 spiro atoms. The summed E-state index contributed by atoms with van der Waals surface area (Å²) in [5.74, 6) is 1.01. The summed E-state index contributed by atoms with van der Waals surface area (Å²) in [5, 5.41) is 3.01. The van der Waals surface area contributed by atoms with E-state index in [1.165, 1.54) is 22.3 Å². The van der Waals surface area contributed by atoms with E-state index in [2.05, 4.69) is 37.4 Å². The van der Waals surface area contributed by atoms with E-state index in [0.717, 1.165) is 17.7 Å². The lowest BCUT2D eigenvalue weighted by Crippen LogP contribution is -2.50. The lowest BCUT2D eigenvalue weighted by Gasteiger charge is -2.29. The van der Waals surface area contributed by atoms with Crippen LogP contribution in [-0.4, -0.2) is 34.6 Å². The Morgan fingerprint density at radius 1 is 0.935 bits per heavy atom. The maximum atomic E-state index is 13.2. The Kier molecular flexibility index (Phi) is 9.63. The third kappa shape index (κ3) is 8.06. The molecule has 0 radical (unpaired) electrons. The van der Waals surface area contributed by atoms with Crippen LogP contribution in [0.2, 0.25) is 0 Å². The van der Waals surface area contributed by atoms with Crippen LogP contribution in [0, 0.1) is 20.8 Å². The first kappa shape index (κ1) is 25.0. The van der Waals surface area contributed by atoms with E-state index >= 15 is 0 Å². The Bertz CT molecular complexity index is 859. The van der Waals surface area contributed by atoms with E-state index < -0.39 is 6.04 Å². The summed E-state index contributed by atoms with van der Waals surface area (Å²) < 4.78 is 0. The molecule has 0 aromatic heterocycles. The molecule has 0 bridgehead atoms. The van der Waals surface area contributed by atoms with Crippen molar-refractivity contribution in [2.45, 2.75) is 72.3 Å². The van der Waals surface area contributed by atoms with Crippen molar-refractivity contribution >= 4 is 23.6 Å². The number of nitrogens with one attached hydrogen (secondary N) is 1. The van der Waals surface area contributed by atoms with Crippen LogP contribution in [-0.2, 0) is 21.9 Å². The molecule has 0 heterocycles. The van der Waals surface area contributed by atoms with E-state index in [9.17, 15) is 9.59 Å². The van der Waals surface area contributed by atoms with Gasteiger partial charge in [-0.3, -0.25) is 9.59 Å². The Hall–Kier alpha value is -2.27. The van der Waals surface area contributed by atoms with E-state index in [1.807, 2.05) is 52.0 Å². The molecule has 1 N–H and O–H groups in total. The lowest BCUT2D eigenvalue weighted by atomic mass is 10.1. The number of thioether (sulfide) groups is 1. The predicted molar refractivity (Wildman–Crippen MR) is 131 cm³/mol. The van der Waals surface area contributed by atoms with Gasteiger partial charge in [-0.15, -0.1) is 11.8 Å². The molecule has 168 valence electrons. The van der Waals surface area contributed by atoms with Crippen molar-refractivity contribution < 1.29 is 9.59 Å². The molecule has 2 amide bonds. The van der Waals surface area contributed by atoms with Crippen molar-refractivity contribution in [2.24, 2.45) is 0 Å². The second-order valence-corrected chi connectivity index (χ2v) is 9.48. The molecule has 4 nitrogen and oxygen atoms in total. The minimum Gasteiger partial charge on any atom is -0.352 e. The smallest absolute Gasteiger partial charge is 0.242 e. The van der Waals surface area contributed by atoms with Crippen molar-refractivity contribution in [3.05, 3.63) is 70.3 Å². The Morgan fingerprint density at radius 2 is 1.55 bits per heavy atom. The van der Waals surface area contributed by atoms with Crippen LogP contribution in [0.1, 0.15) is 55.0 Å². The van der Waals surface area contributed by atoms with Crippen LogP contribution in [0.5, 0.6) is 0 Å². The summed E-state index contributed by atoms with van der Waals surface area (Å²) in [5.41, 5.74) is 5.90. The highest BCUT2D eigenvalue weighted by atomic mass is 32.2. The third-order valence-corrected chi connectivity index (χ3v) is 6.41. The molecule has 31 heavy (non-hydrogen) atoms. The monoisotopic (exact) mass is 440 g/mol. The van der Waals surface area contributed by atoms with E-state index in [4.69, 9.17) is 0 Å². The van der Waals surface area contributed by atoms with Gasteiger partial charge >= 0.3 is 0 Å². The highest BCUT2D eigenvalue weighted by Gasteiger charge is 2.26. The summed E-state index contributed by atoms with van der Waals surface area (Å²) in [4.78, 5) is 27.6. The van der Waals surface area contributed by atoms with Crippen molar-refractivity contribution in [1.29, 1.82) is 0 Å². The molecule has 2 atom stereocenters. The van der Waals surface area contributed by atoms with Crippen molar-refractivity contribution in [3.63, 3.8) is 0 Å². The van der Waals surface area contributed by atoms with Gasteiger partial charge in [0.15, 0.2) is 0 Å². The first-order valence-corrected chi connectivity index (χ1v) is 12.1. The van der Waals surface area contributed by atoms with Crippen molar-refractivity contribution in [1.82, 2.24) is 10.2 Å². The number of rotatable bonds is 10. The Balaban J connectivity index is 2.08. The van der Waals surface area contributed by atoms with Gasteiger partial charge in [0.1, 0.15) is 6.04 Å². The Morgan fingerprint density at radius 3 is 2.13 bits per heavy atom. The maximum absolute atomic E-state index is 13.2. The molecule has 0 fully saturated rings. The summed E-state index contributed by atoms with van der Waals surface area (Å²) in [7, 11) is 0. The molecular weight excluding hydrogens is 404 g/mol. The second-order valence-electron chi connectivity index (χ2n) is 8.49. The minimum atomic E-state index is -0.524. The fraction of sp³-hybridized carbons (Fsp3) is 0.462. The molecule has 5 heteroatoms. The standard InChI is InChI=1S/C26H36N2O2S/c1-7-21(5)27-26(30)22(6)28(15-23-10-8-18(2)9-11-23)25(29)17-31-16-24-13-19(3)12-20(4)14-24/h8-14,21-22H,7,15-17H2,1-6H3,(H,27,30)/t21-,22-/m0/s1. The number of nitrogens with zero attached hydrogens (tertiary/aromatic N) is 1. The number of hydrogen-bond acceptors (Lipinski definition) is 3. The molecule has 0 saturated carbocycles. The normalized spacial score (nSPS) is 12.8. The van der Waals surface area contributed by atoms with Crippen LogP contribution < -0.4 is 5.32 Å². The molecule has 2 aromatic rings. The first-order chi connectivity index (χ1) is 14.7. The van der Waals surface area contributed by atoms with Gasteiger partial charge in [-0.05, 0) is 52.2 Å². The first-order valence-electron chi connectivity index (χ1n) is 11.0. The van der Waals surface area contributed by atoms with E-state index in [0.29, 0.717) is 12.3 Å². The number of amides is 2. The molecule has 0 aliphatic carbocycles. The van der Waals surface area contributed by atoms with E-state index in [1.54, 1.807) is 16.7 Å². The van der Waals surface area contributed by atoms with Gasteiger partial charge < -0.3 is 10.2 Å². The molecule has 0 saturated heterocycles. The average Bonchev–Trinajstić information content (AvgIpc) is 2.71. The second kappa shape index (κ2) is 11.9. The van der Waals surface area contributed by atoms with Gasteiger partial charge in [-0.25, -0.2) is 0 Å². The van der Waals surface area contributed by atoms with Gasteiger partial charge in [0.2, 0.25) is 11.8 Å². The van der Waals surface area contributed by atoms with Crippen LogP contribution in [0.4, 0.5) is 0 Å². The van der Waals surface area contributed by atoms with Gasteiger partial charge in [0.05, 0.1) is 5.75 Å². The van der Waals surface area contributed by atoms with Gasteiger partial charge in [-0.2, -0.15) is 0 Å². The molecule has 0 unspecified atom stereocenters.